The lowest BCUT2D eigenvalue weighted by atomic mass is 9.89. The van der Waals surface area contributed by atoms with Crippen LogP contribution < -0.4 is 11.1 Å². The maximum absolute atomic E-state index is 13.2. The summed E-state index contributed by atoms with van der Waals surface area (Å²) < 4.78 is 51.2. The first-order valence-corrected chi connectivity index (χ1v) is 5.29. The number of anilines is 1. The Labute approximate surface area is 101 Å². The van der Waals surface area contributed by atoms with Crippen molar-refractivity contribution in [3.05, 3.63) is 29.8 Å². The number of guanidine groups is 1. The molecule has 3 nitrogen and oxygen atoms in total. The third kappa shape index (κ3) is 2.91. The second kappa shape index (κ2) is 4.47. The fourth-order valence-corrected chi connectivity index (χ4v) is 1.68. The molecule has 2 rings (SSSR count). The smallest absolute Gasteiger partial charge is 0.252 e. The molecule has 0 aliphatic heterocycles. The zero-order valence-corrected chi connectivity index (χ0v) is 9.26. The normalized spacial score (nSPS) is 19.4. The summed E-state index contributed by atoms with van der Waals surface area (Å²) in [6.07, 6.45) is -0.748. The first kappa shape index (κ1) is 12.7. The van der Waals surface area contributed by atoms with Crippen LogP contribution in [0.2, 0.25) is 0 Å². The van der Waals surface area contributed by atoms with Gasteiger partial charge in [-0.05, 0) is 12.1 Å². The van der Waals surface area contributed by atoms with Gasteiger partial charge in [-0.25, -0.2) is 22.6 Å². The Hall–Kier alpha value is -1.79. The van der Waals surface area contributed by atoms with Gasteiger partial charge in [0.1, 0.15) is 11.6 Å². The van der Waals surface area contributed by atoms with E-state index in [0.717, 1.165) is 18.2 Å². The monoisotopic (exact) mass is 261 g/mol. The number of hydrogen-bond acceptors (Lipinski definition) is 1. The van der Waals surface area contributed by atoms with E-state index < -0.39 is 23.6 Å². The van der Waals surface area contributed by atoms with Crippen molar-refractivity contribution in [2.45, 2.75) is 24.8 Å². The molecule has 0 saturated heterocycles. The molecule has 1 saturated carbocycles. The molecule has 0 radical (unpaired) electrons. The Bertz CT molecular complexity index is 479. The number of benzene rings is 1. The van der Waals surface area contributed by atoms with Crippen molar-refractivity contribution in [1.29, 1.82) is 0 Å². The van der Waals surface area contributed by atoms with Gasteiger partial charge in [0.05, 0.1) is 11.7 Å². The van der Waals surface area contributed by atoms with E-state index in [1.54, 1.807) is 0 Å². The van der Waals surface area contributed by atoms with Crippen LogP contribution in [0.3, 0.4) is 0 Å². The fourth-order valence-electron chi connectivity index (χ4n) is 1.68. The van der Waals surface area contributed by atoms with Gasteiger partial charge in [0, 0.05) is 18.9 Å². The van der Waals surface area contributed by atoms with E-state index in [0.29, 0.717) is 0 Å². The van der Waals surface area contributed by atoms with E-state index in [2.05, 4.69) is 10.3 Å². The highest BCUT2D eigenvalue weighted by Gasteiger charge is 2.45. The Morgan fingerprint density at radius 1 is 1.33 bits per heavy atom. The fraction of sp³-hybridized carbons (Fsp3) is 0.364. The van der Waals surface area contributed by atoms with Crippen molar-refractivity contribution in [3.8, 4) is 0 Å². The van der Waals surface area contributed by atoms with Crippen LogP contribution in [0.1, 0.15) is 12.8 Å². The lowest BCUT2D eigenvalue weighted by Gasteiger charge is -2.32. The van der Waals surface area contributed by atoms with Crippen LogP contribution in [-0.4, -0.2) is 17.9 Å². The first-order chi connectivity index (χ1) is 8.35. The number of alkyl halides is 2. The number of hydrogen-bond donors (Lipinski definition) is 2. The summed E-state index contributed by atoms with van der Waals surface area (Å²) in [5.74, 6) is -4.24. The molecular formula is C11H11F4N3. The number of nitrogens with one attached hydrogen (secondary N) is 1. The quantitative estimate of drug-likeness (QED) is 0.488. The average Bonchev–Trinajstić information content (AvgIpc) is 2.20. The van der Waals surface area contributed by atoms with E-state index in [1.165, 1.54) is 0 Å². The molecule has 18 heavy (non-hydrogen) atoms. The predicted molar refractivity (Wildman–Crippen MR) is 59.6 cm³/mol. The van der Waals surface area contributed by atoms with Gasteiger partial charge in [-0.1, -0.05) is 0 Å². The Kier molecular flexibility index (Phi) is 3.14. The van der Waals surface area contributed by atoms with E-state index in [1.807, 2.05) is 0 Å². The maximum Gasteiger partial charge on any atom is 0.252 e. The maximum atomic E-state index is 13.2. The zero-order valence-electron chi connectivity index (χ0n) is 9.26. The SMILES string of the molecule is NC(=NC1CC(F)(F)C1)Nc1cc(F)ccc1F. The van der Waals surface area contributed by atoms with Gasteiger partial charge >= 0.3 is 0 Å². The number of rotatable bonds is 2. The van der Waals surface area contributed by atoms with Crippen molar-refractivity contribution >= 4 is 11.6 Å². The molecule has 0 aromatic heterocycles. The molecule has 98 valence electrons. The molecule has 1 aliphatic rings. The number of nitrogens with two attached hydrogens (primary N) is 1. The van der Waals surface area contributed by atoms with Crippen molar-refractivity contribution in [2.24, 2.45) is 10.7 Å². The summed E-state index contributed by atoms with van der Waals surface area (Å²) in [5.41, 5.74) is 5.25. The van der Waals surface area contributed by atoms with E-state index in [-0.39, 0.29) is 24.5 Å². The molecule has 1 aromatic rings. The molecule has 7 heteroatoms. The summed E-state index contributed by atoms with van der Waals surface area (Å²) in [6, 6.07) is 2.22. The molecule has 3 N–H and O–H groups in total. The highest BCUT2D eigenvalue weighted by atomic mass is 19.3. The highest BCUT2D eigenvalue weighted by Crippen LogP contribution is 2.39. The van der Waals surface area contributed by atoms with Gasteiger partial charge in [0.15, 0.2) is 5.96 Å². The van der Waals surface area contributed by atoms with Gasteiger partial charge in [0.2, 0.25) is 0 Å². The molecule has 1 aliphatic carbocycles. The largest absolute Gasteiger partial charge is 0.370 e. The lowest BCUT2D eigenvalue weighted by molar-refractivity contribution is -0.0834. The molecule has 0 atom stereocenters. The van der Waals surface area contributed by atoms with Crippen LogP contribution in [0.5, 0.6) is 0 Å². The van der Waals surface area contributed by atoms with Gasteiger partial charge in [-0.2, -0.15) is 0 Å². The number of nitrogens with zero attached hydrogens (tertiary/aromatic N) is 1. The third-order valence-electron chi connectivity index (χ3n) is 2.58. The van der Waals surface area contributed by atoms with Crippen LogP contribution in [0.4, 0.5) is 23.2 Å². The van der Waals surface area contributed by atoms with Gasteiger partial charge in [-0.3, -0.25) is 0 Å². The third-order valence-corrected chi connectivity index (χ3v) is 2.58. The molecule has 0 bridgehead atoms. The number of aliphatic imine (C=N–C) groups is 1. The second-order valence-electron chi connectivity index (χ2n) is 4.18. The highest BCUT2D eigenvalue weighted by molar-refractivity contribution is 5.92. The van der Waals surface area contributed by atoms with Gasteiger partial charge in [-0.15, -0.1) is 0 Å². The van der Waals surface area contributed by atoms with Crippen LogP contribution >= 0.6 is 0 Å². The lowest BCUT2D eigenvalue weighted by Crippen LogP contribution is -2.40. The minimum Gasteiger partial charge on any atom is -0.370 e. The van der Waals surface area contributed by atoms with Crippen LogP contribution in [0, 0.1) is 11.6 Å². The summed E-state index contributed by atoms with van der Waals surface area (Å²) in [6.45, 7) is 0. The number of halogens is 4. The van der Waals surface area contributed by atoms with Crippen molar-refractivity contribution in [2.75, 3.05) is 5.32 Å². The van der Waals surface area contributed by atoms with Crippen molar-refractivity contribution < 1.29 is 17.6 Å². The average molecular weight is 261 g/mol. The van der Waals surface area contributed by atoms with E-state index in [9.17, 15) is 17.6 Å². The Morgan fingerprint density at radius 3 is 2.61 bits per heavy atom. The van der Waals surface area contributed by atoms with Crippen LogP contribution in [-0.2, 0) is 0 Å². The molecule has 0 amide bonds. The topological polar surface area (TPSA) is 50.4 Å². The Morgan fingerprint density at radius 2 is 2.00 bits per heavy atom. The summed E-state index contributed by atoms with van der Waals surface area (Å²) >= 11 is 0. The second-order valence-corrected chi connectivity index (χ2v) is 4.18. The minimum atomic E-state index is -2.70. The summed E-state index contributed by atoms with van der Waals surface area (Å²) in [4.78, 5) is 3.76. The van der Waals surface area contributed by atoms with Crippen LogP contribution in [0.25, 0.3) is 0 Å². The van der Waals surface area contributed by atoms with Crippen molar-refractivity contribution in [1.82, 2.24) is 0 Å². The zero-order chi connectivity index (χ0) is 13.3. The van der Waals surface area contributed by atoms with E-state index >= 15 is 0 Å². The molecule has 0 unspecified atom stereocenters. The Balaban J connectivity index is 2.01. The minimum absolute atomic E-state index is 0.178. The molecule has 0 heterocycles. The molecule has 1 aromatic carbocycles. The molecule has 1 fully saturated rings. The first-order valence-electron chi connectivity index (χ1n) is 5.29. The van der Waals surface area contributed by atoms with Crippen LogP contribution in [0.15, 0.2) is 23.2 Å². The van der Waals surface area contributed by atoms with Gasteiger partial charge in [0.25, 0.3) is 5.92 Å². The molecular weight excluding hydrogens is 250 g/mol. The molecule has 0 spiro atoms. The summed E-state index contributed by atoms with van der Waals surface area (Å²) in [5, 5.41) is 2.35. The summed E-state index contributed by atoms with van der Waals surface area (Å²) in [7, 11) is 0. The van der Waals surface area contributed by atoms with Crippen molar-refractivity contribution in [3.63, 3.8) is 0 Å². The predicted octanol–water partition coefficient (Wildman–Crippen LogP) is 2.49. The standard InChI is InChI=1S/C11H11F4N3/c12-6-1-2-8(13)9(3-6)18-10(16)17-7-4-11(14,15)5-7/h1-3,7H,4-5H2,(H3,16,17,18). The van der Waals surface area contributed by atoms with Gasteiger partial charge < -0.3 is 11.1 Å². The van der Waals surface area contributed by atoms with E-state index in [4.69, 9.17) is 5.73 Å².